The standard InChI is InChI=1S/C16H24N4O3/c21-14(2-1-6-19-9-5-17-12-19)20-7-3-16(4-8-20)10-13(15(22)23)18-11-16/h5,9,12-13,18H,1-4,6-8,10-11H2,(H,22,23). The van der Waals surface area contributed by atoms with E-state index in [1.54, 1.807) is 12.5 Å². The highest BCUT2D eigenvalue weighted by molar-refractivity contribution is 5.76. The van der Waals surface area contributed by atoms with Gasteiger partial charge < -0.3 is 19.9 Å². The maximum absolute atomic E-state index is 12.3. The van der Waals surface area contributed by atoms with Crippen molar-refractivity contribution in [3.05, 3.63) is 18.7 Å². The molecular weight excluding hydrogens is 296 g/mol. The number of likely N-dealkylation sites (tertiary alicyclic amines) is 1. The maximum Gasteiger partial charge on any atom is 0.320 e. The molecule has 2 fully saturated rings. The molecule has 1 atom stereocenters. The molecule has 126 valence electrons. The number of nitrogens with one attached hydrogen (secondary N) is 1. The molecule has 2 aliphatic heterocycles. The first-order chi connectivity index (χ1) is 11.1. The van der Waals surface area contributed by atoms with E-state index in [0.717, 1.165) is 45.4 Å². The molecule has 1 aromatic heterocycles. The van der Waals surface area contributed by atoms with Crippen LogP contribution in [0.1, 0.15) is 32.1 Å². The Morgan fingerprint density at radius 2 is 2.13 bits per heavy atom. The molecule has 2 N–H and O–H groups in total. The molecule has 2 saturated heterocycles. The number of carboxylic acid groups (broad SMARTS) is 1. The van der Waals surface area contributed by atoms with Crippen molar-refractivity contribution in [2.24, 2.45) is 5.41 Å². The van der Waals surface area contributed by atoms with Crippen LogP contribution < -0.4 is 5.32 Å². The van der Waals surface area contributed by atoms with Gasteiger partial charge in [0.05, 0.1) is 6.33 Å². The van der Waals surface area contributed by atoms with Crippen LogP contribution in [0.5, 0.6) is 0 Å². The van der Waals surface area contributed by atoms with E-state index in [9.17, 15) is 9.59 Å². The zero-order valence-electron chi connectivity index (χ0n) is 13.3. The minimum atomic E-state index is -0.764. The number of amides is 1. The third-order valence-electron chi connectivity index (χ3n) is 5.20. The van der Waals surface area contributed by atoms with Gasteiger partial charge in [0.1, 0.15) is 6.04 Å². The molecular formula is C16H24N4O3. The number of carbonyl (C=O) groups excluding carboxylic acids is 1. The van der Waals surface area contributed by atoms with Crippen LogP contribution >= 0.6 is 0 Å². The summed E-state index contributed by atoms with van der Waals surface area (Å²) in [5.41, 5.74) is 0.0661. The Bertz CT molecular complexity index is 550. The Hall–Kier alpha value is -1.89. The van der Waals surface area contributed by atoms with Crippen LogP contribution in [0.4, 0.5) is 0 Å². The summed E-state index contributed by atoms with van der Waals surface area (Å²) in [5, 5.41) is 12.2. The van der Waals surface area contributed by atoms with E-state index in [1.807, 2.05) is 15.7 Å². The number of aryl methyl sites for hydroxylation is 1. The van der Waals surface area contributed by atoms with E-state index < -0.39 is 12.0 Å². The van der Waals surface area contributed by atoms with Crippen LogP contribution in [0.15, 0.2) is 18.7 Å². The Balaban J connectivity index is 1.42. The fraction of sp³-hybridized carbons (Fsp3) is 0.688. The van der Waals surface area contributed by atoms with Gasteiger partial charge in [0.15, 0.2) is 0 Å². The topological polar surface area (TPSA) is 87.5 Å². The van der Waals surface area contributed by atoms with Crippen LogP contribution in [0.2, 0.25) is 0 Å². The second kappa shape index (κ2) is 6.70. The number of rotatable bonds is 5. The van der Waals surface area contributed by atoms with E-state index in [-0.39, 0.29) is 11.3 Å². The number of carbonyl (C=O) groups is 2. The van der Waals surface area contributed by atoms with Crippen molar-refractivity contribution < 1.29 is 14.7 Å². The van der Waals surface area contributed by atoms with Crippen LogP contribution in [-0.4, -0.2) is 57.1 Å². The summed E-state index contributed by atoms with van der Waals surface area (Å²) in [6.45, 7) is 3.07. The number of aromatic nitrogens is 2. The SMILES string of the molecule is O=C(O)C1CC2(CCN(C(=O)CCCn3ccnc3)CC2)CN1. The number of carboxylic acids is 1. The summed E-state index contributed by atoms with van der Waals surface area (Å²) in [6, 6.07) is -0.424. The van der Waals surface area contributed by atoms with Crippen molar-refractivity contribution in [1.29, 1.82) is 0 Å². The minimum Gasteiger partial charge on any atom is -0.480 e. The first-order valence-corrected chi connectivity index (χ1v) is 8.28. The van der Waals surface area contributed by atoms with Gasteiger partial charge in [0, 0.05) is 45.0 Å². The van der Waals surface area contributed by atoms with Gasteiger partial charge in [-0.25, -0.2) is 4.98 Å². The summed E-state index contributed by atoms with van der Waals surface area (Å²) in [7, 11) is 0. The number of imidazole rings is 1. The summed E-state index contributed by atoms with van der Waals surface area (Å²) in [4.78, 5) is 29.3. The number of aliphatic carboxylic acids is 1. The lowest BCUT2D eigenvalue weighted by atomic mass is 9.76. The summed E-state index contributed by atoms with van der Waals surface area (Å²) >= 11 is 0. The average Bonchev–Trinajstić information content (AvgIpc) is 3.18. The van der Waals surface area contributed by atoms with Crippen molar-refractivity contribution in [3.63, 3.8) is 0 Å². The third kappa shape index (κ3) is 3.72. The van der Waals surface area contributed by atoms with Crippen molar-refractivity contribution in [2.45, 2.75) is 44.7 Å². The first-order valence-electron chi connectivity index (χ1n) is 8.28. The molecule has 3 heterocycles. The van der Waals surface area contributed by atoms with Crippen LogP contribution in [0.25, 0.3) is 0 Å². The molecule has 1 spiro atoms. The predicted molar refractivity (Wildman–Crippen MR) is 83.8 cm³/mol. The average molecular weight is 320 g/mol. The summed E-state index contributed by atoms with van der Waals surface area (Å²) in [6.07, 6.45) is 9.27. The number of nitrogens with zero attached hydrogens (tertiary/aromatic N) is 3. The van der Waals surface area contributed by atoms with E-state index >= 15 is 0 Å². The zero-order chi connectivity index (χ0) is 16.3. The second-order valence-electron chi connectivity index (χ2n) is 6.76. The lowest BCUT2D eigenvalue weighted by Crippen LogP contribution is -2.44. The molecule has 23 heavy (non-hydrogen) atoms. The second-order valence-corrected chi connectivity index (χ2v) is 6.76. The molecule has 0 radical (unpaired) electrons. The van der Waals surface area contributed by atoms with Crippen molar-refractivity contribution >= 4 is 11.9 Å². The normalized spacial score (nSPS) is 23.3. The van der Waals surface area contributed by atoms with Gasteiger partial charge in [-0.3, -0.25) is 9.59 Å². The fourth-order valence-corrected chi connectivity index (χ4v) is 3.69. The predicted octanol–water partition coefficient (Wildman–Crippen LogP) is 0.719. The molecule has 7 nitrogen and oxygen atoms in total. The zero-order valence-corrected chi connectivity index (χ0v) is 13.3. The Kier molecular flexibility index (Phi) is 4.66. The van der Waals surface area contributed by atoms with Crippen molar-refractivity contribution in [3.8, 4) is 0 Å². The van der Waals surface area contributed by atoms with Crippen molar-refractivity contribution in [2.75, 3.05) is 19.6 Å². The molecule has 0 bridgehead atoms. The van der Waals surface area contributed by atoms with Gasteiger partial charge in [-0.15, -0.1) is 0 Å². The maximum atomic E-state index is 12.3. The van der Waals surface area contributed by atoms with E-state index in [2.05, 4.69) is 10.3 Å². The Morgan fingerprint density at radius 3 is 2.74 bits per heavy atom. The largest absolute Gasteiger partial charge is 0.480 e. The Morgan fingerprint density at radius 1 is 1.35 bits per heavy atom. The molecule has 1 aromatic rings. The van der Waals surface area contributed by atoms with Gasteiger partial charge in [0.25, 0.3) is 0 Å². The number of piperidine rings is 1. The van der Waals surface area contributed by atoms with E-state index in [1.165, 1.54) is 0 Å². The Labute approximate surface area is 135 Å². The number of hydrogen-bond acceptors (Lipinski definition) is 4. The quantitative estimate of drug-likeness (QED) is 0.835. The summed E-state index contributed by atoms with van der Waals surface area (Å²) in [5.74, 6) is -0.555. The first kappa shape index (κ1) is 16.0. The third-order valence-corrected chi connectivity index (χ3v) is 5.20. The van der Waals surface area contributed by atoms with E-state index in [0.29, 0.717) is 12.8 Å². The van der Waals surface area contributed by atoms with Crippen molar-refractivity contribution in [1.82, 2.24) is 19.8 Å². The molecule has 3 rings (SSSR count). The lowest BCUT2D eigenvalue weighted by molar-refractivity contribution is -0.139. The smallest absolute Gasteiger partial charge is 0.320 e. The van der Waals surface area contributed by atoms with Gasteiger partial charge in [-0.05, 0) is 31.1 Å². The molecule has 7 heteroatoms. The van der Waals surface area contributed by atoms with Gasteiger partial charge >= 0.3 is 5.97 Å². The molecule has 0 aliphatic carbocycles. The monoisotopic (exact) mass is 320 g/mol. The highest BCUT2D eigenvalue weighted by Gasteiger charge is 2.43. The van der Waals surface area contributed by atoms with Gasteiger partial charge in [-0.1, -0.05) is 0 Å². The number of hydrogen-bond donors (Lipinski definition) is 2. The van der Waals surface area contributed by atoms with Crippen LogP contribution in [-0.2, 0) is 16.1 Å². The molecule has 1 unspecified atom stereocenters. The molecule has 0 aromatic carbocycles. The van der Waals surface area contributed by atoms with E-state index in [4.69, 9.17) is 5.11 Å². The van der Waals surface area contributed by atoms with Crippen LogP contribution in [0.3, 0.4) is 0 Å². The molecule has 2 aliphatic rings. The highest BCUT2D eigenvalue weighted by Crippen LogP contribution is 2.39. The van der Waals surface area contributed by atoms with Gasteiger partial charge in [-0.2, -0.15) is 0 Å². The lowest BCUT2D eigenvalue weighted by Gasteiger charge is -2.39. The highest BCUT2D eigenvalue weighted by atomic mass is 16.4. The van der Waals surface area contributed by atoms with Crippen LogP contribution in [0, 0.1) is 5.41 Å². The molecule has 0 saturated carbocycles. The fourth-order valence-electron chi connectivity index (χ4n) is 3.69. The summed E-state index contributed by atoms with van der Waals surface area (Å²) < 4.78 is 1.98. The molecule has 1 amide bonds. The minimum absolute atomic E-state index is 0.0661. The van der Waals surface area contributed by atoms with Gasteiger partial charge in [0.2, 0.25) is 5.91 Å².